The molecule has 0 saturated carbocycles. The lowest BCUT2D eigenvalue weighted by atomic mass is 10.2. The summed E-state index contributed by atoms with van der Waals surface area (Å²) in [7, 11) is -3.43. The van der Waals surface area contributed by atoms with E-state index in [-0.39, 0.29) is 4.90 Å². The van der Waals surface area contributed by atoms with Gasteiger partial charge >= 0.3 is 0 Å². The van der Waals surface area contributed by atoms with Crippen LogP contribution in [-0.4, -0.2) is 13.4 Å². The molecule has 1 aromatic heterocycles. The van der Waals surface area contributed by atoms with E-state index < -0.39 is 9.84 Å². The maximum absolute atomic E-state index is 12.2. The van der Waals surface area contributed by atoms with Gasteiger partial charge in [0, 0.05) is 10.8 Å². The Hall–Kier alpha value is -2.46. The fourth-order valence-electron chi connectivity index (χ4n) is 2.02. The minimum Gasteiger partial charge on any atom is -0.248 e. The van der Waals surface area contributed by atoms with E-state index in [2.05, 4.69) is 4.98 Å². The summed E-state index contributed by atoms with van der Waals surface area (Å²) in [5.41, 5.74) is 1.46. The van der Waals surface area contributed by atoms with Crippen molar-refractivity contribution in [2.45, 2.75) is 4.90 Å². The molecule has 0 fully saturated rings. The Morgan fingerprint density at radius 3 is 2.33 bits per heavy atom. The predicted octanol–water partition coefficient (Wildman–Crippen LogP) is 3.68. The van der Waals surface area contributed by atoms with E-state index >= 15 is 0 Å². The monoisotopic (exact) mass is 295 g/mol. The minimum atomic E-state index is -3.43. The quantitative estimate of drug-likeness (QED) is 0.740. The third-order valence-corrected chi connectivity index (χ3v) is 4.53. The molecule has 21 heavy (non-hydrogen) atoms. The van der Waals surface area contributed by atoms with E-state index in [0.29, 0.717) is 5.69 Å². The number of hydrogen-bond acceptors (Lipinski definition) is 3. The topological polar surface area (TPSA) is 47.0 Å². The van der Waals surface area contributed by atoms with Crippen LogP contribution in [-0.2, 0) is 9.84 Å². The number of benzene rings is 2. The van der Waals surface area contributed by atoms with Crippen LogP contribution in [0.3, 0.4) is 0 Å². The third kappa shape index (κ3) is 3.01. The first-order valence-electron chi connectivity index (χ1n) is 6.49. The van der Waals surface area contributed by atoms with Crippen molar-refractivity contribution in [3.8, 4) is 0 Å². The van der Waals surface area contributed by atoms with Crippen LogP contribution in [0.1, 0.15) is 5.69 Å². The summed E-state index contributed by atoms with van der Waals surface area (Å²) in [6, 6.07) is 19.8. The molecule has 0 radical (unpaired) electrons. The number of sulfone groups is 1. The molecule has 0 N–H and O–H groups in total. The van der Waals surface area contributed by atoms with Crippen LogP contribution in [0.15, 0.2) is 77.0 Å². The largest absolute Gasteiger partial charge is 0.248 e. The van der Waals surface area contributed by atoms with Crippen molar-refractivity contribution < 1.29 is 8.42 Å². The summed E-state index contributed by atoms with van der Waals surface area (Å²) in [6.45, 7) is 0. The summed E-state index contributed by atoms with van der Waals surface area (Å²) in [4.78, 5) is 4.70. The number of nitrogens with zero attached hydrogens (tertiary/aromatic N) is 1. The van der Waals surface area contributed by atoms with Gasteiger partial charge in [-0.05, 0) is 30.3 Å². The average molecular weight is 295 g/mol. The molecule has 0 spiro atoms. The molecular weight excluding hydrogens is 282 g/mol. The zero-order valence-corrected chi connectivity index (χ0v) is 12.0. The Balaban J connectivity index is 1.94. The predicted molar refractivity (Wildman–Crippen MR) is 84.4 cm³/mol. The van der Waals surface area contributed by atoms with Gasteiger partial charge in [-0.15, -0.1) is 0 Å². The Labute approximate surface area is 123 Å². The standard InChI is InChI=1S/C17H13NO2S/c19-21(20,16-7-2-1-3-8-16)13-12-15-11-10-14-6-4-5-9-17(14)18-15/h1-13H/b13-12+. The van der Waals surface area contributed by atoms with Gasteiger partial charge in [0.25, 0.3) is 0 Å². The number of rotatable bonds is 3. The van der Waals surface area contributed by atoms with E-state index in [1.165, 1.54) is 11.5 Å². The van der Waals surface area contributed by atoms with Crippen molar-refractivity contribution in [2.75, 3.05) is 0 Å². The zero-order chi connectivity index (χ0) is 14.7. The first kappa shape index (κ1) is 13.5. The molecule has 0 atom stereocenters. The molecule has 0 bridgehead atoms. The summed E-state index contributed by atoms with van der Waals surface area (Å²) in [5.74, 6) is 0. The van der Waals surface area contributed by atoms with Gasteiger partial charge in [-0.25, -0.2) is 13.4 Å². The Kier molecular flexibility index (Phi) is 3.54. The first-order chi connectivity index (χ1) is 10.1. The lowest BCUT2D eigenvalue weighted by molar-refractivity contribution is 0.605. The van der Waals surface area contributed by atoms with Gasteiger partial charge in [-0.1, -0.05) is 42.5 Å². The Bertz CT molecular complexity index is 900. The van der Waals surface area contributed by atoms with Gasteiger partial charge in [0.05, 0.1) is 16.1 Å². The summed E-state index contributed by atoms with van der Waals surface area (Å²) in [6.07, 6.45) is 1.52. The highest BCUT2D eigenvalue weighted by Gasteiger charge is 2.08. The zero-order valence-electron chi connectivity index (χ0n) is 11.2. The second-order valence-corrected chi connectivity index (χ2v) is 6.42. The van der Waals surface area contributed by atoms with E-state index in [0.717, 1.165) is 10.9 Å². The van der Waals surface area contributed by atoms with Crippen molar-refractivity contribution in [1.29, 1.82) is 0 Å². The molecule has 104 valence electrons. The molecule has 4 heteroatoms. The van der Waals surface area contributed by atoms with Gasteiger partial charge in [-0.2, -0.15) is 0 Å². The highest BCUT2D eigenvalue weighted by molar-refractivity contribution is 7.94. The molecule has 0 aliphatic heterocycles. The average Bonchev–Trinajstić information content (AvgIpc) is 2.54. The molecule has 1 heterocycles. The van der Waals surface area contributed by atoms with Crippen LogP contribution >= 0.6 is 0 Å². The van der Waals surface area contributed by atoms with Crippen LogP contribution in [0.2, 0.25) is 0 Å². The number of hydrogen-bond donors (Lipinski definition) is 0. The number of pyridine rings is 1. The van der Waals surface area contributed by atoms with Crippen molar-refractivity contribution >= 4 is 26.8 Å². The molecule has 0 saturated heterocycles. The Morgan fingerprint density at radius 2 is 1.52 bits per heavy atom. The van der Waals surface area contributed by atoms with E-state index in [4.69, 9.17) is 0 Å². The molecule has 3 nitrogen and oxygen atoms in total. The number of aromatic nitrogens is 1. The first-order valence-corrected chi connectivity index (χ1v) is 8.04. The van der Waals surface area contributed by atoms with Gasteiger partial charge in [0.1, 0.15) is 0 Å². The molecule has 2 aromatic carbocycles. The van der Waals surface area contributed by atoms with Crippen molar-refractivity contribution in [1.82, 2.24) is 4.98 Å². The SMILES string of the molecule is O=S(=O)(/C=C/c1ccc2ccccc2n1)c1ccccc1. The molecule has 0 aliphatic carbocycles. The summed E-state index contributed by atoms with van der Waals surface area (Å²) >= 11 is 0. The van der Waals surface area contributed by atoms with E-state index in [1.807, 2.05) is 30.3 Å². The molecule has 3 rings (SSSR count). The fourth-order valence-corrected chi connectivity index (χ4v) is 3.03. The second kappa shape index (κ2) is 5.50. The molecule has 3 aromatic rings. The smallest absolute Gasteiger partial charge is 0.199 e. The normalized spacial score (nSPS) is 12.0. The molecule has 0 aliphatic rings. The Morgan fingerprint density at radius 1 is 0.810 bits per heavy atom. The van der Waals surface area contributed by atoms with Crippen LogP contribution in [0.5, 0.6) is 0 Å². The van der Waals surface area contributed by atoms with Crippen molar-refractivity contribution in [3.05, 3.63) is 77.8 Å². The minimum absolute atomic E-state index is 0.280. The van der Waals surface area contributed by atoms with Crippen LogP contribution < -0.4 is 0 Å². The van der Waals surface area contributed by atoms with Crippen LogP contribution in [0, 0.1) is 0 Å². The number of para-hydroxylation sites is 1. The van der Waals surface area contributed by atoms with E-state index in [1.54, 1.807) is 36.4 Å². The van der Waals surface area contributed by atoms with E-state index in [9.17, 15) is 8.42 Å². The van der Waals surface area contributed by atoms with Crippen molar-refractivity contribution in [3.63, 3.8) is 0 Å². The molecule has 0 unspecified atom stereocenters. The number of fused-ring (bicyclic) bond motifs is 1. The fraction of sp³-hybridized carbons (Fsp3) is 0. The van der Waals surface area contributed by atoms with Gasteiger partial charge in [0.2, 0.25) is 0 Å². The second-order valence-electron chi connectivity index (χ2n) is 4.59. The maximum Gasteiger partial charge on any atom is 0.199 e. The maximum atomic E-state index is 12.2. The lowest BCUT2D eigenvalue weighted by Crippen LogP contribution is -1.95. The van der Waals surface area contributed by atoms with Gasteiger partial charge in [0.15, 0.2) is 9.84 Å². The summed E-state index contributed by atoms with van der Waals surface area (Å²) in [5, 5.41) is 2.22. The molecular formula is C17H13NO2S. The highest BCUT2D eigenvalue weighted by Crippen LogP contribution is 2.15. The van der Waals surface area contributed by atoms with Crippen LogP contribution in [0.25, 0.3) is 17.0 Å². The van der Waals surface area contributed by atoms with Gasteiger partial charge < -0.3 is 0 Å². The van der Waals surface area contributed by atoms with Crippen molar-refractivity contribution in [2.24, 2.45) is 0 Å². The van der Waals surface area contributed by atoms with Gasteiger partial charge in [-0.3, -0.25) is 0 Å². The third-order valence-electron chi connectivity index (χ3n) is 3.11. The lowest BCUT2D eigenvalue weighted by Gasteiger charge is -2.00. The molecule has 0 amide bonds. The highest BCUT2D eigenvalue weighted by atomic mass is 32.2. The van der Waals surface area contributed by atoms with Crippen LogP contribution in [0.4, 0.5) is 0 Å². The summed E-state index contributed by atoms with van der Waals surface area (Å²) < 4.78 is 24.3.